The summed E-state index contributed by atoms with van der Waals surface area (Å²) in [6, 6.07) is -0.487. The molecule has 2 aliphatic rings. The van der Waals surface area contributed by atoms with E-state index < -0.39 is 11.6 Å². The van der Waals surface area contributed by atoms with Crippen molar-refractivity contribution in [2.75, 3.05) is 13.1 Å². The molecule has 2 saturated heterocycles. The van der Waals surface area contributed by atoms with E-state index >= 15 is 0 Å². The monoisotopic (exact) mass is 208 g/mol. The van der Waals surface area contributed by atoms with Gasteiger partial charge in [-0.3, -0.25) is 9.59 Å². The number of nitrogens with one attached hydrogen (secondary N) is 2. The quantitative estimate of drug-likeness (QED) is 0.477. The maximum atomic E-state index is 11.8. The molecular weight excluding hydrogens is 196 g/mol. The predicted molar refractivity (Wildman–Crippen MR) is 50.3 cm³/mol. The summed E-state index contributed by atoms with van der Waals surface area (Å²) in [6.07, 6.45) is 2.48. The number of nitrogens with zero attached hydrogens (tertiary/aromatic N) is 2. The van der Waals surface area contributed by atoms with Crippen molar-refractivity contribution in [1.29, 1.82) is 5.26 Å². The summed E-state index contributed by atoms with van der Waals surface area (Å²) in [7, 11) is 0. The smallest absolute Gasteiger partial charge is 0.248 e. The normalized spacial score (nSPS) is 34.9. The topological polar surface area (TPSA) is 85.2 Å². The zero-order valence-corrected chi connectivity index (χ0v) is 8.41. The third-order valence-electron chi connectivity index (χ3n) is 2.95. The van der Waals surface area contributed by atoms with Gasteiger partial charge in [-0.1, -0.05) is 0 Å². The van der Waals surface area contributed by atoms with Crippen LogP contribution in [-0.4, -0.2) is 41.4 Å². The molecule has 0 aliphatic carbocycles. The summed E-state index contributed by atoms with van der Waals surface area (Å²) in [5, 5.41) is 14.0. The van der Waals surface area contributed by atoms with Gasteiger partial charge in [0.1, 0.15) is 11.6 Å². The van der Waals surface area contributed by atoms with Gasteiger partial charge in [0.15, 0.2) is 6.19 Å². The number of hydrogen-bond donors (Lipinski definition) is 2. The third kappa shape index (κ3) is 1.40. The maximum absolute atomic E-state index is 11.8. The van der Waals surface area contributed by atoms with Crippen LogP contribution in [0.4, 0.5) is 0 Å². The van der Waals surface area contributed by atoms with Gasteiger partial charge in [0.05, 0.1) is 6.54 Å². The molecule has 2 rings (SSSR count). The fourth-order valence-electron chi connectivity index (χ4n) is 1.98. The molecule has 6 heteroatoms. The number of rotatable bonds is 0. The summed E-state index contributed by atoms with van der Waals surface area (Å²) >= 11 is 0. The summed E-state index contributed by atoms with van der Waals surface area (Å²) in [5.74, 6) is -0.373. The Bertz CT molecular complexity index is 362. The molecule has 2 heterocycles. The fraction of sp³-hybridized carbons (Fsp3) is 0.667. The van der Waals surface area contributed by atoms with E-state index in [1.807, 2.05) is 6.19 Å². The number of amides is 2. The molecule has 2 N–H and O–H groups in total. The fourth-order valence-corrected chi connectivity index (χ4v) is 1.98. The lowest BCUT2D eigenvalue weighted by molar-refractivity contribution is -0.140. The van der Waals surface area contributed by atoms with E-state index in [1.165, 1.54) is 4.90 Å². The van der Waals surface area contributed by atoms with Crippen molar-refractivity contribution in [2.45, 2.75) is 24.9 Å². The largest absolute Gasteiger partial charge is 0.342 e. The number of carbonyl (C=O) groups is 2. The first-order chi connectivity index (χ1) is 7.07. The molecule has 0 aromatic rings. The average Bonchev–Trinajstić information content (AvgIpc) is 2.60. The van der Waals surface area contributed by atoms with Crippen LogP contribution in [0.1, 0.15) is 13.3 Å². The Morgan fingerprint density at radius 3 is 2.93 bits per heavy atom. The van der Waals surface area contributed by atoms with Gasteiger partial charge in [0.25, 0.3) is 0 Å². The molecular formula is C9H12N4O2. The summed E-state index contributed by atoms with van der Waals surface area (Å²) < 4.78 is 0. The Hall–Kier alpha value is -1.77. The third-order valence-corrected chi connectivity index (χ3v) is 2.95. The van der Waals surface area contributed by atoms with E-state index in [1.54, 1.807) is 6.92 Å². The molecule has 1 spiro atoms. The molecule has 2 amide bonds. The highest BCUT2D eigenvalue weighted by Crippen LogP contribution is 2.23. The van der Waals surface area contributed by atoms with Gasteiger partial charge in [-0.15, -0.1) is 0 Å². The van der Waals surface area contributed by atoms with Crippen molar-refractivity contribution < 1.29 is 9.59 Å². The van der Waals surface area contributed by atoms with E-state index in [9.17, 15) is 9.59 Å². The van der Waals surface area contributed by atoms with Gasteiger partial charge in [-0.2, -0.15) is 5.26 Å². The molecule has 0 aromatic heterocycles. The van der Waals surface area contributed by atoms with Crippen molar-refractivity contribution in [2.24, 2.45) is 0 Å². The summed E-state index contributed by atoms with van der Waals surface area (Å²) in [6.45, 7) is 2.42. The molecule has 0 bridgehead atoms. The van der Waals surface area contributed by atoms with E-state index in [0.29, 0.717) is 13.0 Å². The Morgan fingerprint density at radius 2 is 2.33 bits per heavy atom. The molecule has 2 fully saturated rings. The van der Waals surface area contributed by atoms with Crippen LogP contribution in [0.5, 0.6) is 0 Å². The number of likely N-dealkylation sites (tertiary alicyclic amines) is 1. The van der Waals surface area contributed by atoms with Gasteiger partial charge in [-0.25, -0.2) is 0 Å². The molecule has 2 atom stereocenters. The van der Waals surface area contributed by atoms with Crippen LogP contribution in [0.3, 0.4) is 0 Å². The Labute approximate surface area is 87.2 Å². The first-order valence-electron chi connectivity index (χ1n) is 4.85. The minimum Gasteiger partial charge on any atom is -0.342 e. The molecule has 0 aromatic carbocycles. The minimum absolute atomic E-state index is 0.186. The van der Waals surface area contributed by atoms with Crippen LogP contribution >= 0.6 is 0 Å². The van der Waals surface area contributed by atoms with Gasteiger partial charge >= 0.3 is 0 Å². The van der Waals surface area contributed by atoms with Crippen molar-refractivity contribution in [1.82, 2.24) is 15.5 Å². The first-order valence-corrected chi connectivity index (χ1v) is 4.85. The highest BCUT2D eigenvalue weighted by molar-refractivity contribution is 6.00. The molecule has 2 aliphatic heterocycles. The summed E-state index contributed by atoms with van der Waals surface area (Å²) in [5.41, 5.74) is -0.890. The van der Waals surface area contributed by atoms with Gasteiger partial charge < -0.3 is 15.5 Å². The summed E-state index contributed by atoms with van der Waals surface area (Å²) in [4.78, 5) is 24.7. The second kappa shape index (κ2) is 3.12. The molecule has 2 unspecified atom stereocenters. The second-order valence-electron chi connectivity index (χ2n) is 4.04. The molecule has 80 valence electrons. The predicted octanol–water partition coefficient (Wildman–Crippen LogP) is -1.45. The lowest BCUT2D eigenvalue weighted by Crippen LogP contribution is -2.69. The number of nitriles is 1. The molecule has 15 heavy (non-hydrogen) atoms. The van der Waals surface area contributed by atoms with E-state index in [-0.39, 0.29) is 18.4 Å². The molecule has 0 saturated carbocycles. The SMILES string of the molecule is CC1NC(=O)C2(CCN(C#N)C2)NC1=O. The molecule has 6 nitrogen and oxygen atoms in total. The Morgan fingerprint density at radius 1 is 1.60 bits per heavy atom. The van der Waals surface area contributed by atoms with Gasteiger partial charge in [0, 0.05) is 6.54 Å². The van der Waals surface area contributed by atoms with Crippen molar-refractivity contribution >= 4 is 11.8 Å². The average molecular weight is 208 g/mol. The van der Waals surface area contributed by atoms with Crippen molar-refractivity contribution in [3.05, 3.63) is 0 Å². The molecule has 0 radical (unpaired) electrons. The van der Waals surface area contributed by atoms with Crippen LogP contribution in [0.25, 0.3) is 0 Å². The van der Waals surface area contributed by atoms with E-state index in [0.717, 1.165) is 0 Å². The van der Waals surface area contributed by atoms with Crippen LogP contribution in [0, 0.1) is 11.5 Å². The van der Waals surface area contributed by atoms with E-state index in [2.05, 4.69) is 10.6 Å². The van der Waals surface area contributed by atoms with E-state index in [4.69, 9.17) is 5.26 Å². The van der Waals surface area contributed by atoms with Crippen LogP contribution in [0.2, 0.25) is 0 Å². The Balaban J connectivity index is 2.19. The standard InChI is InChI=1S/C9H12N4O2/c1-6-7(14)12-9(8(15)11-6)2-3-13(4-9)5-10/h6H,2-4H2,1H3,(H,11,15)(H,12,14). The first kappa shape index (κ1) is 9.77. The number of hydrogen-bond acceptors (Lipinski definition) is 4. The van der Waals surface area contributed by atoms with Crippen LogP contribution < -0.4 is 10.6 Å². The van der Waals surface area contributed by atoms with Crippen LogP contribution in [-0.2, 0) is 9.59 Å². The minimum atomic E-state index is -0.890. The zero-order valence-electron chi connectivity index (χ0n) is 8.41. The Kier molecular flexibility index (Phi) is 2.03. The second-order valence-corrected chi connectivity index (χ2v) is 4.04. The lowest BCUT2D eigenvalue weighted by atomic mass is 9.93. The van der Waals surface area contributed by atoms with Crippen molar-refractivity contribution in [3.63, 3.8) is 0 Å². The van der Waals surface area contributed by atoms with Crippen LogP contribution in [0.15, 0.2) is 0 Å². The van der Waals surface area contributed by atoms with Gasteiger partial charge in [-0.05, 0) is 13.3 Å². The number of piperazine rings is 1. The highest BCUT2D eigenvalue weighted by atomic mass is 16.2. The lowest BCUT2D eigenvalue weighted by Gasteiger charge is -2.35. The zero-order chi connectivity index (χ0) is 11.1. The van der Waals surface area contributed by atoms with Crippen molar-refractivity contribution in [3.8, 4) is 6.19 Å². The maximum Gasteiger partial charge on any atom is 0.248 e. The highest BCUT2D eigenvalue weighted by Gasteiger charge is 2.49. The van der Waals surface area contributed by atoms with Gasteiger partial charge in [0.2, 0.25) is 11.8 Å². The number of carbonyl (C=O) groups excluding carboxylic acids is 2.